The van der Waals surface area contributed by atoms with Crippen LogP contribution >= 0.6 is 11.6 Å². The van der Waals surface area contributed by atoms with E-state index in [1.807, 2.05) is 6.07 Å². The van der Waals surface area contributed by atoms with Crippen LogP contribution in [0.2, 0.25) is 5.02 Å². The zero-order chi connectivity index (χ0) is 12.1. The summed E-state index contributed by atoms with van der Waals surface area (Å²) in [5.74, 6) is 0. The maximum Gasteiger partial charge on any atom is 0.0639 e. The van der Waals surface area contributed by atoms with Gasteiger partial charge in [-0.3, -0.25) is 4.98 Å². The molecule has 2 aromatic rings. The van der Waals surface area contributed by atoms with Crippen LogP contribution in [0.3, 0.4) is 0 Å². The van der Waals surface area contributed by atoms with Crippen LogP contribution in [-0.4, -0.2) is 16.1 Å². The predicted octanol–water partition coefficient (Wildman–Crippen LogP) is 2.69. The summed E-state index contributed by atoms with van der Waals surface area (Å²) in [4.78, 5) is 3.98. The summed E-state index contributed by atoms with van der Waals surface area (Å²) < 4.78 is 2.13. The Labute approximate surface area is 106 Å². The first-order valence-corrected chi connectivity index (χ1v) is 6.11. The minimum absolute atomic E-state index is 0.717. The van der Waals surface area contributed by atoms with Gasteiger partial charge in [-0.05, 0) is 29.8 Å². The molecule has 0 aliphatic carbocycles. The fourth-order valence-electron chi connectivity index (χ4n) is 1.69. The van der Waals surface area contributed by atoms with E-state index in [1.54, 1.807) is 12.4 Å². The number of hydrogen-bond donors (Lipinski definition) is 1. The minimum Gasteiger partial charge on any atom is -0.350 e. The van der Waals surface area contributed by atoms with Gasteiger partial charge in [-0.1, -0.05) is 18.5 Å². The van der Waals surface area contributed by atoms with E-state index < -0.39 is 0 Å². The molecule has 1 N–H and O–H groups in total. The summed E-state index contributed by atoms with van der Waals surface area (Å²) in [5, 5.41) is 4.02. The Kier molecular flexibility index (Phi) is 4.18. The molecule has 2 aromatic heterocycles. The van der Waals surface area contributed by atoms with Crippen molar-refractivity contribution < 1.29 is 0 Å². The zero-order valence-corrected chi connectivity index (χ0v) is 10.6. The highest BCUT2D eigenvalue weighted by atomic mass is 35.5. The van der Waals surface area contributed by atoms with Crippen molar-refractivity contribution in [2.45, 2.75) is 20.0 Å². The minimum atomic E-state index is 0.717. The molecule has 0 atom stereocenters. The molecule has 2 rings (SSSR count). The van der Waals surface area contributed by atoms with E-state index >= 15 is 0 Å². The molecule has 0 unspecified atom stereocenters. The van der Waals surface area contributed by atoms with Gasteiger partial charge in [0.25, 0.3) is 0 Å². The van der Waals surface area contributed by atoms with Gasteiger partial charge in [-0.2, -0.15) is 0 Å². The summed E-state index contributed by atoms with van der Waals surface area (Å²) in [6, 6.07) is 4.07. The van der Waals surface area contributed by atoms with Gasteiger partial charge in [0.1, 0.15) is 0 Å². The molecule has 17 heavy (non-hydrogen) atoms. The van der Waals surface area contributed by atoms with E-state index in [0.29, 0.717) is 0 Å². The maximum absolute atomic E-state index is 6.08. The van der Waals surface area contributed by atoms with Crippen LogP contribution in [0, 0.1) is 0 Å². The average molecular weight is 250 g/mol. The van der Waals surface area contributed by atoms with Crippen LogP contribution in [0.5, 0.6) is 0 Å². The number of nitrogens with one attached hydrogen (secondary N) is 1. The van der Waals surface area contributed by atoms with Crippen molar-refractivity contribution in [1.29, 1.82) is 0 Å². The second-order valence-corrected chi connectivity index (χ2v) is 4.35. The molecule has 0 spiro atoms. The summed E-state index contributed by atoms with van der Waals surface area (Å²) in [5.41, 5.74) is 2.38. The second-order valence-electron chi connectivity index (χ2n) is 3.94. The molecule has 0 aliphatic heterocycles. The largest absolute Gasteiger partial charge is 0.350 e. The lowest BCUT2D eigenvalue weighted by Gasteiger charge is -2.04. The molecule has 0 radical (unpaired) electrons. The van der Waals surface area contributed by atoms with Gasteiger partial charge in [0.2, 0.25) is 0 Å². The smallest absolute Gasteiger partial charge is 0.0639 e. The molecule has 2 heterocycles. The first-order valence-electron chi connectivity index (χ1n) is 5.73. The third kappa shape index (κ3) is 3.32. The Morgan fingerprint density at radius 1 is 1.41 bits per heavy atom. The van der Waals surface area contributed by atoms with Crippen LogP contribution < -0.4 is 5.32 Å². The molecular formula is C13H16ClN3. The Morgan fingerprint density at radius 2 is 2.29 bits per heavy atom. The van der Waals surface area contributed by atoms with Gasteiger partial charge < -0.3 is 9.88 Å². The van der Waals surface area contributed by atoms with Crippen LogP contribution in [0.1, 0.15) is 18.1 Å². The molecular weight excluding hydrogens is 234 g/mol. The van der Waals surface area contributed by atoms with E-state index in [2.05, 4.69) is 40.3 Å². The average Bonchev–Trinajstić information content (AvgIpc) is 2.77. The van der Waals surface area contributed by atoms with Crippen molar-refractivity contribution in [2.24, 2.45) is 0 Å². The van der Waals surface area contributed by atoms with Crippen molar-refractivity contribution in [1.82, 2.24) is 14.9 Å². The van der Waals surface area contributed by atoms with E-state index in [1.165, 1.54) is 5.56 Å². The molecule has 0 saturated heterocycles. The molecule has 0 saturated carbocycles. The SMILES string of the molecule is CCNCc1ccn(Cc2ccncc2Cl)c1. The molecule has 3 nitrogen and oxygen atoms in total. The van der Waals surface area contributed by atoms with Crippen molar-refractivity contribution in [2.75, 3.05) is 6.54 Å². The summed E-state index contributed by atoms with van der Waals surface area (Å²) in [7, 11) is 0. The highest BCUT2D eigenvalue weighted by Crippen LogP contribution is 2.15. The third-order valence-corrected chi connectivity index (χ3v) is 2.94. The fourth-order valence-corrected chi connectivity index (χ4v) is 1.87. The van der Waals surface area contributed by atoms with Gasteiger partial charge in [0.15, 0.2) is 0 Å². The standard InChI is InChI=1S/C13H16ClN3/c1-2-15-7-11-4-6-17(9-11)10-12-3-5-16-8-13(12)14/h3-6,8-9,15H,2,7,10H2,1H3. The zero-order valence-electron chi connectivity index (χ0n) is 9.86. The quantitative estimate of drug-likeness (QED) is 0.883. The lowest BCUT2D eigenvalue weighted by Crippen LogP contribution is -2.11. The van der Waals surface area contributed by atoms with Gasteiger partial charge >= 0.3 is 0 Å². The lowest BCUT2D eigenvalue weighted by atomic mass is 10.2. The van der Waals surface area contributed by atoms with Gasteiger partial charge in [0, 0.05) is 37.9 Å². The number of halogens is 1. The Morgan fingerprint density at radius 3 is 3.06 bits per heavy atom. The Bertz CT molecular complexity index is 479. The fraction of sp³-hybridized carbons (Fsp3) is 0.308. The molecule has 0 fully saturated rings. The van der Waals surface area contributed by atoms with Gasteiger partial charge in [-0.15, -0.1) is 0 Å². The first-order chi connectivity index (χ1) is 8.29. The normalized spacial score (nSPS) is 10.7. The Balaban J connectivity index is 2.04. The Hall–Kier alpha value is -1.32. The highest BCUT2D eigenvalue weighted by molar-refractivity contribution is 6.31. The number of nitrogens with zero attached hydrogens (tertiary/aromatic N) is 2. The van der Waals surface area contributed by atoms with Crippen LogP contribution in [-0.2, 0) is 13.1 Å². The van der Waals surface area contributed by atoms with Gasteiger partial charge in [0.05, 0.1) is 5.02 Å². The topological polar surface area (TPSA) is 29.9 Å². The van der Waals surface area contributed by atoms with Gasteiger partial charge in [-0.25, -0.2) is 0 Å². The summed E-state index contributed by atoms with van der Waals surface area (Å²) in [6.45, 7) is 4.79. The highest BCUT2D eigenvalue weighted by Gasteiger charge is 2.01. The van der Waals surface area contributed by atoms with Crippen LogP contribution in [0.15, 0.2) is 36.9 Å². The van der Waals surface area contributed by atoms with E-state index in [-0.39, 0.29) is 0 Å². The monoisotopic (exact) mass is 249 g/mol. The molecule has 0 aliphatic rings. The predicted molar refractivity (Wildman–Crippen MR) is 70.2 cm³/mol. The molecule has 4 heteroatoms. The molecule has 0 aromatic carbocycles. The molecule has 0 amide bonds. The second kappa shape index (κ2) is 5.84. The van der Waals surface area contributed by atoms with Crippen molar-refractivity contribution in [3.05, 3.63) is 53.1 Å². The lowest BCUT2D eigenvalue weighted by molar-refractivity contribution is 0.721. The van der Waals surface area contributed by atoms with Crippen molar-refractivity contribution >= 4 is 11.6 Å². The van der Waals surface area contributed by atoms with Crippen LogP contribution in [0.4, 0.5) is 0 Å². The first kappa shape index (κ1) is 12.1. The number of hydrogen-bond acceptors (Lipinski definition) is 2. The molecule has 90 valence electrons. The van der Waals surface area contributed by atoms with E-state index in [9.17, 15) is 0 Å². The van der Waals surface area contributed by atoms with E-state index in [0.717, 1.165) is 30.2 Å². The molecule has 0 bridgehead atoms. The number of rotatable bonds is 5. The van der Waals surface area contributed by atoms with Crippen molar-refractivity contribution in [3.63, 3.8) is 0 Å². The number of pyridine rings is 1. The van der Waals surface area contributed by atoms with E-state index in [4.69, 9.17) is 11.6 Å². The van der Waals surface area contributed by atoms with Crippen molar-refractivity contribution in [3.8, 4) is 0 Å². The van der Waals surface area contributed by atoms with Crippen LogP contribution in [0.25, 0.3) is 0 Å². The summed E-state index contributed by atoms with van der Waals surface area (Å²) >= 11 is 6.08. The third-order valence-electron chi connectivity index (χ3n) is 2.60. The number of aromatic nitrogens is 2. The maximum atomic E-state index is 6.08. The summed E-state index contributed by atoms with van der Waals surface area (Å²) in [6.07, 6.45) is 7.66.